The number of carbonyl (C=O) groups excluding carboxylic acids is 1. The predicted octanol–water partition coefficient (Wildman–Crippen LogP) is 0.855. The van der Waals surface area contributed by atoms with E-state index in [1.165, 1.54) is 19.3 Å². The average Bonchev–Trinajstić information content (AvgIpc) is 2.83. The lowest BCUT2D eigenvalue weighted by Crippen LogP contribution is -2.36. The van der Waals surface area contributed by atoms with Gasteiger partial charge in [-0.25, -0.2) is 4.79 Å². The van der Waals surface area contributed by atoms with Crippen LogP contribution in [-0.4, -0.2) is 50.1 Å². The van der Waals surface area contributed by atoms with Crippen molar-refractivity contribution in [2.75, 3.05) is 18.9 Å². The van der Waals surface area contributed by atoms with E-state index < -0.39 is 0 Å². The number of urea groups is 1. The number of thioether (sulfide) groups is 1. The van der Waals surface area contributed by atoms with E-state index in [9.17, 15) is 4.79 Å². The van der Waals surface area contributed by atoms with Crippen LogP contribution in [0.5, 0.6) is 0 Å². The van der Waals surface area contributed by atoms with E-state index in [0.29, 0.717) is 23.8 Å². The summed E-state index contributed by atoms with van der Waals surface area (Å²) in [4.78, 5) is 11.2. The monoisotopic (exact) mass is 254 g/mol. The first-order valence-electron chi connectivity index (χ1n) is 6.27. The van der Waals surface area contributed by atoms with E-state index in [1.807, 2.05) is 11.8 Å². The lowest BCUT2D eigenvalue weighted by molar-refractivity contribution is 0.173. The SMILES string of the molecule is [B]COCCCCCC1SCC2NC(=O)NC21. The summed E-state index contributed by atoms with van der Waals surface area (Å²) in [6.07, 6.45) is 4.63. The number of fused-ring (bicyclic) bond motifs is 1. The van der Waals surface area contributed by atoms with Crippen molar-refractivity contribution in [3.63, 3.8) is 0 Å². The van der Waals surface area contributed by atoms with Crippen LogP contribution in [0.15, 0.2) is 0 Å². The lowest BCUT2D eigenvalue weighted by Gasteiger charge is -2.16. The first kappa shape index (κ1) is 13.1. The molecule has 3 unspecified atom stereocenters. The summed E-state index contributed by atoms with van der Waals surface area (Å²) in [5, 5.41) is 6.55. The average molecular weight is 254 g/mol. The van der Waals surface area contributed by atoms with Crippen LogP contribution in [0.3, 0.4) is 0 Å². The molecule has 0 aromatic rings. The van der Waals surface area contributed by atoms with Crippen molar-refractivity contribution in [2.45, 2.75) is 43.0 Å². The van der Waals surface area contributed by atoms with Crippen LogP contribution in [0.25, 0.3) is 0 Å². The van der Waals surface area contributed by atoms with Crippen LogP contribution in [0, 0.1) is 0 Å². The highest BCUT2D eigenvalue weighted by atomic mass is 32.2. The van der Waals surface area contributed by atoms with Gasteiger partial charge < -0.3 is 15.4 Å². The number of ether oxygens (including phenoxy) is 1. The van der Waals surface area contributed by atoms with Crippen molar-refractivity contribution in [1.82, 2.24) is 10.6 Å². The second-order valence-electron chi connectivity index (χ2n) is 4.55. The first-order chi connectivity index (χ1) is 8.31. The molecular weight excluding hydrogens is 235 g/mol. The van der Waals surface area contributed by atoms with Gasteiger partial charge in [0.2, 0.25) is 0 Å². The van der Waals surface area contributed by atoms with Crippen molar-refractivity contribution < 1.29 is 9.53 Å². The van der Waals surface area contributed by atoms with Gasteiger partial charge in [0.15, 0.2) is 0 Å². The molecule has 94 valence electrons. The predicted molar refractivity (Wildman–Crippen MR) is 70.5 cm³/mol. The Labute approximate surface area is 108 Å². The van der Waals surface area contributed by atoms with Crippen LogP contribution in [0.1, 0.15) is 25.7 Å². The smallest absolute Gasteiger partial charge is 0.315 e. The number of carbonyl (C=O) groups is 1. The van der Waals surface area contributed by atoms with Crippen LogP contribution >= 0.6 is 11.8 Å². The maximum Gasteiger partial charge on any atom is 0.315 e. The summed E-state index contributed by atoms with van der Waals surface area (Å²) in [5.41, 5.74) is 0. The normalized spacial score (nSPS) is 31.1. The van der Waals surface area contributed by atoms with E-state index >= 15 is 0 Å². The summed E-state index contributed by atoms with van der Waals surface area (Å²) >= 11 is 1.98. The Morgan fingerprint density at radius 2 is 2.24 bits per heavy atom. The Balaban J connectivity index is 1.59. The molecule has 2 radical (unpaired) electrons. The number of unbranched alkanes of at least 4 members (excludes halogenated alkanes) is 2. The van der Waals surface area contributed by atoms with Crippen LogP contribution in [-0.2, 0) is 4.74 Å². The molecule has 0 bridgehead atoms. The summed E-state index contributed by atoms with van der Waals surface area (Å²) in [6, 6.07) is 0.688. The van der Waals surface area contributed by atoms with Crippen molar-refractivity contribution in [1.29, 1.82) is 0 Å². The minimum Gasteiger partial charge on any atom is -0.391 e. The fourth-order valence-corrected chi connectivity index (χ4v) is 4.00. The quantitative estimate of drug-likeness (QED) is 0.402. The van der Waals surface area contributed by atoms with Gasteiger partial charge >= 0.3 is 6.03 Å². The second kappa shape index (κ2) is 6.54. The Bertz CT molecular complexity index is 268. The molecule has 2 amide bonds. The molecule has 2 saturated heterocycles. The fraction of sp³-hybridized carbons (Fsp3) is 0.909. The van der Waals surface area contributed by atoms with Gasteiger partial charge in [-0.1, -0.05) is 12.8 Å². The Morgan fingerprint density at radius 3 is 3.06 bits per heavy atom. The summed E-state index contributed by atoms with van der Waals surface area (Å²) < 4.78 is 5.09. The van der Waals surface area contributed by atoms with Crippen molar-refractivity contribution in [3.05, 3.63) is 0 Å². The highest BCUT2D eigenvalue weighted by Gasteiger charge is 2.42. The number of hydrogen-bond acceptors (Lipinski definition) is 3. The van der Waals surface area contributed by atoms with Gasteiger partial charge in [0.25, 0.3) is 0 Å². The molecule has 2 N–H and O–H groups in total. The number of rotatable bonds is 7. The van der Waals surface area contributed by atoms with Crippen molar-refractivity contribution in [2.24, 2.45) is 0 Å². The number of nitrogens with one attached hydrogen (secondary N) is 2. The van der Waals surface area contributed by atoms with Crippen molar-refractivity contribution >= 4 is 25.6 Å². The maximum absolute atomic E-state index is 11.2. The molecule has 0 aromatic heterocycles. The van der Waals surface area contributed by atoms with Crippen LogP contribution < -0.4 is 10.6 Å². The molecular formula is C11H19BN2O2S. The van der Waals surface area contributed by atoms with Gasteiger partial charge in [0.05, 0.1) is 12.1 Å². The largest absolute Gasteiger partial charge is 0.391 e. The molecule has 2 rings (SSSR count). The molecule has 17 heavy (non-hydrogen) atoms. The van der Waals surface area contributed by atoms with Crippen LogP contribution in [0.4, 0.5) is 4.79 Å². The molecule has 0 aromatic carbocycles. The molecule has 6 heteroatoms. The summed E-state index contributed by atoms with van der Waals surface area (Å²) in [6.45, 7) is 1.08. The second-order valence-corrected chi connectivity index (χ2v) is 5.82. The maximum atomic E-state index is 11.2. The zero-order valence-corrected chi connectivity index (χ0v) is 10.8. The molecule has 0 aliphatic carbocycles. The molecule has 2 heterocycles. The zero-order chi connectivity index (χ0) is 12.1. The number of amides is 2. The molecule has 2 aliphatic heterocycles. The van der Waals surface area contributed by atoms with Crippen molar-refractivity contribution in [3.8, 4) is 0 Å². The third-order valence-corrected chi connectivity index (χ3v) is 4.84. The van der Waals surface area contributed by atoms with E-state index in [1.54, 1.807) is 0 Å². The zero-order valence-electron chi connectivity index (χ0n) is 9.98. The van der Waals surface area contributed by atoms with Gasteiger partial charge in [-0.2, -0.15) is 11.8 Å². The van der Waals surface area contributed by atoms with Gasteiger partial charge in [0.1, 0.15) is 7.85 Å². The number of hydrogen-bond donors (Lipinski definition) is 2. The van der Waals surface area contributed by atoms with Gasteiger partial charge in [-0.3, -0.25) is 0 Å². The molecule has 0 saturated carbocycles. The molecule has 3 atom stereocenters. The van der Waals surface area contributed by atoms with E-state index in [2.05, 4.69) is 10.6 Å². The highest BCUT2D eigenvalue weighted by molar-refractivity contribution is 8.00. The Kier molecular flexibility index (Phi) is 5.04. The van der Waals surface area contributed by atoms with Crippen LogP contribution in [0.2, 0.25) is 0 Å². The fourth-order valence-electron chi connectivity index (χ4n) is 2.45. The third-order valence-electron chi connectivity index (χ3n) is 3.33. The van der Waals surface area contributed by atoms with E-state index in [4.69, 9.17) is 12.6 Å². The van der Waals surface area contributed by atoms with Gasteiger partial charge in [-0.15, -0.1) is 0 Å². The molecule has 4 nitrogen and oxygen atoms in total. The summed E-state index contributed by atoms with van der Waals surface area (Å²) in [7, 11) is 5.24. The molecule has 0 spiro atoms. The Morgan fingerprint density at radius 1 is 1.35 bits per heavy atom. The van der Waals surface area contributed by atoms with E-state index in [-0.39, 0.29) is 6.03 Å². The standard InChI is InChI=1S/C11H19BN2O2S/c12-7-16-5-3-1-2-4-9-10-8(6-17-9)13-11(15)14-10/h8-10H,1-7H2,(H2,13,14,15). The third kappa shape index (κ3) is 3.55. The first-order valence-corrected chi connectivity index (χ1v) is 7.32. The van der Waals surface area contributed by atoms with Gasteiger partial charge in [0, 0.05) is 24.1 Å². The topological polar surface area (TPSA) is 50.4 Å². The van der Waals surface area contributed by atoms with E-state index in [0.717, 1.165) is 18.8 Å². The van der Waals surface area contributed by atoms with Gasteiger partial charge in [-0.05, 0) is 12.8 Å². The summed E-state index contributed by atoms with van der Waals surface area (Å²) in [5.74, 6) is 1.05. The Hall–Kier alpha value is -0.355. The molecule has 2 aliphatic rings. The highest BCUT2D eigenvalue weighted by Crippen LogP contribution is 2.33. The minimum atomic E-state index is 0.00152. The lowest BCUT2D eigenvalue weighted by atomic mass is 10.0. The molecule has 2 fully saturated rings. The minimum absolute atomic E-state index is 0.00152.